The molecule has 0 spiro atoms. The zero-order chi connectivity index (χ0) is 18.2. The molecule has 2 N–H and O–H groups in total. The van der Waals surface area contributed by atoms with Crippen molar-refractivity contribution in [2.75, 3.05) is 20.3 Å². The fourth-order valence-electron chi connectivity index (χ4n) is 2.25. The van der Waals surface area contributed by atoms with E-state index in [0.717, 1.165) is 5.56 Å². The second-order valence-corrected chi connectivity index (χ2v) is 5.32. The van der Waals surface area contributed by atoms with Crippen LogP contribution in [0, 0.1) is 18.3 Å². The Kier molecular flexibility index (Phi) is 6.43. The highest BCUT2D eigenvalue weighted by Crippen LogP contribution is 2.28. The summed E-state index contributed by atoms with van der Waals surface area (Å²) in [4.78, 5) is 11.9. The molecule has 25 heavy (non-hydrogen) atoms. The van der Waals surface area contributed by atoms with Gasteiger partial charge in [0.25, 0.3) is 5.91 Å². The number of hydrogen-bond donors (Lipinski definition) is 2. The summed E-state index contributed by atoms with van der Waals surface area (Å²) in [6.45, 7) is 2.03. The van der Waals surface area contributed by atoms with Crippen LogP contribution in [0.25, 0.3) is 0 Å². The molecule has 0 saturated heterocycles. The molecule has 7 heteroatoms. The third-order valence-electron chi connectivity index (χ3n) is 3.51. The molecule has 0 bridgehead atoms. The lowest BCUT2D eigenvalue weighted by molar-refractivity contribution is -0.130. The summed E-state index contributed by atoms with van der Waals surface area (Å²) >= 11 is 0. The van der Waals surface area contributed by atoms with Gasteiger partial charge >= 0.3 is 0 Å². The summed E-state index contributed by atoms with van der Waals surface area (Å²) in [5, 5.41) is 21.2. The lowest BCUT2D eigenvalue weighted by Crippen LogP contribution is -2.30. The number of aliphatic hydroxyl groups excluding tert-OH is 1. The summed E-state index contributed by atoms with van der Waals surface area (Å²) in [5.74, 6) is 1.34. The van der Waals surface area contributed by atoms with Crippen molar-refractivity contribution in [1.29, 1.82) is 5.26 Å². The molecule has 0 radical (unpaired) electrons. The lowest BCUT2D eigenvalue weighted by Gasteiger charge is -2.12. The van der Waals surface area contributed by atoms with Crippen LogP contribution in [0.5, 0.6) is 11.5 Å². The molecule has 2 aromatic rings. The van der Waals surface area contributed by atoms with Crippen LogP contribution in [0.4, 0.5) is 0 Å². The fourth-order valence-corrected chi connectivity index (χ4v) is 2.25. The summed E-state index contributed by atoms with van der Waals surface area (Å²) in [7, 11) is 1.52. The number of carbonyl (C=O) groups excluding carboxylic acids is 1. The average molecular weight is 344 g/mol. The van der Waals surface area contributed by atoms with Crippen molar-refractivity contribution in [2.45, 2.75) is 19.4 Å². The largest absolute Gasteiger partial charge is 0.493 e. The third kappa shape index (κ3) is 4.99. The Bertz CT molecular complexity index is 763. The van der Waals surface area contributed by atoms with Crippen LogP contribution in [0.2, 0.25) is 0 Å². The molecule has 7 nitrogen and oxygen atoms in total. The summed E-state index contributed by atoms with van der Waals surface area (Å²) in [6.07, 6.45) is -0.783. The van der Waals surface area contributed by atoms with Gasteiger partial charge in [-0.15, -0.1) is 0 Å². The minimum atomic E-state index is -1.33. The summed E-state index contributed by atoms with van der Waals surface area (Å²) in [6, 6.07) is 10.5. The second-order valence-electron chi connectivity index (χ2n) is 5.32. The quantitative estimate of drug-likeness (QED) is 0.758. The predicted octanol–water partition coefficient (Wildman–Crippen LogP) is 1.89. The van der Waals surface area contributed by atoms with Crippen LogP contribution in [0.3, 0.4) is 0 Å². The lowest BCUT2D eigenvalue weighted by atomic mass is 10.1. The molecule has 1 unspecified atom stereocenters. The number of amides is 1. The number of methoxy groups -OCH3 is 1. The van der Waals surface area contributed by atoms with E-state index < -0.39 is 12.0 Å². The van der Waals surface area contributed by atoms with E-state index in [-0.39, 0.29) is 12.4 Å². The third-order valence-corrected chi connectivity index (χ3v) is 3.51. The van der Waals surface area contributed by atoms with Crippen molar-refractivity contribution in [3.05, 3.63) is 47.4 Å². The van der Waals surface area contributed by atoms with Gasteiger partial charge in [-0.3, -0.25) is 4.79 Å². The van der Waals surface area contributed by atoms with Crippen LogP contribution in [0.15, 0.2) is 34.7 Å². The Labute approximate surface area is 145 Å². The van der Waals surface area contributed by atoms with E-state index in [2.05, 4.69) is 5.32 Å². The molecule has 132 valence electrons. The van der Waals surface area contributed by atoms with E-state index in [1.54, 1.807) is 31.2 Å². The molecule has 1 aromatic heterocycles. The first-order valence-electron chi connectivity index (χ1n) is 7.74. The summed E-state index contributed by atoms with van der Waals surface area (Å²) < 4.78 is 15.7. The minimum Gasteiger partial charge on any atom is -0.493 e. The fraction of sp³-hybridized carbons (Fsp3) is 0.333. The molecule has 0 aliphatic carbocycles. The Morgan fingerprint density at radius 1 is 1.36 bits per heavy atom. The maximum absolute atomic E-state index is 11.9. The van der Waals surface area contributed by atoms with Gasteiger partial charge < -0.3 is 24.3 Å². The van der Waals surface area contributed by atoms with Gasteiger partial charge in [0, 0.05) is 6.54 Å². The molecule has 1 amide bonds. The van der Waals surface area contributed by atoms with Crippen molar-refractivity contribution in [3.8, 4) is 17.6 Å². The first-order chi connectivity index (χ1) is 12.0. The van der Waals surface area contributed by atoms with Crippen LogP contribution in [0.1, 0.15) is 23.2 Å². The van der Waals surface area contributed by atoms with Crippen molar-refractivity contribution in [3.63, 3.8) is 0 Å². The molecule has 0 saturated carbocycles. The second kappa shape index (κ2) is 8.76. The van der Waals surface area contributed by atoms with Gasteiger partial charge in [-0.25, -0.2) is 0 Å². The van der Waals surface area contributed by atoms with Gasteiger partial charge in [0.1, 0.15) is 17.6 Å². The van der Waals surface area contributed by atoms with Gasteiger partial charge in [0.2, 0.25) is 0 Å². The monoisotopic (exact) mass is 344 g/mol. The first-order valence-corrected chi connectivity index (χ1v) is 7.74. The van der Waals surface area contributed by atoms with E-state index in [0.29, 0.717) is 30.2 Å². The van der Waals surface area contributed by atoms with E-state index in [1.807, 2.05) is 12.1 Å². The van der Waals surface area contributed by atoms with E-state index >= 15 is 0 Å². The SMILES string of the molecule is COc1cc(CCNC(=O)C(O)c2ccc(C)o2)ccc1OCC#N. The Hall–Kier alpha value is -2.98. The van der Waals surface area contributed by atoms with Crippen LogP contribution in [-0.2, 0) is 11.2 Å². The molecule has 1 atom stereocenters. The van der Waals surface area contributed by atoms with Gasteiger partial charge in [-0.1, -0.05) is 6.07 Å². The number of aliphatic hydroxyl groups is 1. The van der Waals surface area contributed by atoms with Crippen LogP contribution < -0.4 is 14.8 Å². The van der Waals surface area contributed by atoms with Crippen molar-refractivity contribution >= 4 is 5.91 Å². The van der Waals surface area contributed by atoms with E-state index in [4.69, 9.17) is 19.2 Å². The maximum atomic E-state index is 11.9. The zero-order valence-electron chi connectivity index (χ0n) is 14.1. The highest BCUT2D eigenvalue weighted by atomic mass is 16.5. The topological polar surface area (TPSA) is 105 Å². The number of furan rings is 1. The smallest absolute Gasteiger partial charge is 0.256 e. The standard InChI is InChI=1S/C18H20N2O5/c1-12-3-5-15(25-12)17(21)18(22)20-9-7-13-4-6-14(24-10-8-19)16(11-13)23-2/h3-6,11,17,21H,7,9-10H2,1-2H3,(H,20,22). The van der Waals surface area contributed by atoms with Crippen molar-refractivity contribution in [2.24, 2.45) is 0 Å². The molecule has 0 aliphatic heterocycles. The number of hydrogen-bond acceptors (Lipinski definition) is 6. The molecule has 1 heterocycles. The molecule has 2 rings (SSSR count). The zero-order valence-corrected chi connectivity index (χ0v) is 14.1. The number of nitrogens with zero attached hydrogens (tertiary/aromatic N) is 1. The Morgan fingerprint density at radius 2 is 2.16 bits per heavy atom. The Morgan fingerprint density at radius 3 is 2.80 bits per heavy atom. The minimum absolute atomic E-state index is 0.0596. The van der Waals surface area contributed by atoms with Crippen LogP contribution >= 0.6 is 0 Å². The molecule has 0 aliphatic rings. The van der Waals surface area contributed by atoms with Crippen molar-refractivity contribution < 1.29 is 23.8 Å². The normalized spacial score (nSPS) is 11.4. The van der Waals surface area contributed by atoms with Gasteiger partial charge in [0.05, 0.1) is 7.11 Å². The van der Waals surface area contributed by atoms with Gasteiger partial charge in [0.15, 0.2) is 24.2 Å². The highest BCUT2D eigenvalue weighted by molar-refractivity contribution is 5.81. The molecular weight excluding hydrogens is 324 g/mol. The number of ether oxygens (including phenoxy) is 2. The molecular formula is C18H20N2O5. The van der Waals surface area contributed by atoms with E-state index in [9.17, 15) is 9.90 Å². The number of nitriles is 1. The number of nitrogens with one attached hydrogen (secondary N) is 1. The van der Waals surface area contributed by atoms with Crippen LogP contribution in [-0.4, -0.2) is 31.3 Å². The maximum Gasteiger partial charge on any atom is 0.256 e. The van der Waals surface area contributed by atoms with Gasteiger partial charge in [-0.05, 0) is 43.2 Å². The predicted molar refractivity (Wildman–Crippen MR) is 89.2 cm³/mol. The Balaban J connectivity index is 1.88. The highest BCUT2D eigenvalue weighted by Gasteiger charge is 2.20. The number of aryl methyl sites for hydroxylation is 1. The first kappa shape index (κ1) is 18.4. The van der Waals surface area contributed by atoms with Crippen molar-refractivity contribution in [1.82, 2.24) is 5.32 Å². The number of carbonyl (C=O) groups is 1. The van der Waals surface area contributed by atoms with Gasteiger partial charge in [-0.2, -0.15) is 5.26 Å². The summed E-state index contributed by atoms with van der Waals surface area (Å²) in [5.41, 5.74) is 0.921. The number of benzene rings is 1. The van der Waals surface area contributed by atoms with E-state index in [1.165, 1.54) is 7.11 Å². The molecule has 0 fully saturated rings. The average Bonchev–Trinajstić information content (AvgIpc) is 3.05. The number of rotatable bonds is 8. The molecule has 1 aromatic carbocycles.